The summed E-state index contributed by atoms with van der Waals surface area (Å²) in [4.78, 5) is 0. The lowest BCUT2D eigenvalue weighted by atomic mass is 10.2. The maximum absolute atomic E-state index is 2.62. The summed E-state index contributed by atoms with van der Waals surface area (Å²) >= 11 is 0. The summed E-state index contributed by atoms with van der Waals surface area (Å²) in [6.07, 6.45) is 2.40. The van der Waals surface area contributed by atoms with Crippen LogP contribution in [0.1, 0.15) is 19.8 Å². The highest BCUT2D eigenvalue weighted by molar-refractivity contribution is 6.70. The van der Waals surface area contributed by atoms with Crippen LogP contribution in [0.3, 0.4) is 0 Å². The van der Waals surface area contributed by atoms with Crippen molar-refractivity contribution >= 4 is 31.9 Å². The SMILES string of the molecule is CCCC[SiH](N(c1ccccc1)c1ccccc1)N(c1ccccc1)c1ccccc1. The molecule has 0 saturated carbocycles. The van der Waals surface area contributed by atoms with Gasteiger partial charge in [-0.3, -0.25) is 0 Å². The highest BCUT2D eigenvalue weighted by Gasteiger charge is 2.30. The smallest absolute Gasteiger partial charge is 0.256 e. The van der Waals surface area contributed by atoms with Crippen LogP contribution in [0, 0.1) is 0 Å². The van der Waals surface area contributed by atoms with Crippen molar-refractivity contribution in [3.8, 4) is 0 Å². The van der Waals surface area contributed by atoms with Crippen LogP contribution in [-0.4, -0.2) is 9.12 Å². The second kappa shape index (κ2) is 10.6. The molecule has 0 bridgehead atoms. The van der Waals surface area contributed by atoms with Gasteiger partial charge in [0.05, 0.1) is 0 Å². The average Bonchev–Trinajstić information content (AvgIpc) is 2.85. The van der Waals surface area contributed by atoms with Crippen LogP contribution in [-0.2, 0) is 0 Å². The van der Waals surface area contributed by atoms with Crippen molar-refractivity contribution in [2.75, 3.05) is 9.13 Å². The van der Waals surface area contributed by atoms with Crippen molar-refractivity contribution in [2.24, 2.45) is 0 Å². The van der Waals surface area contributed by atoms with E-state index < -0.39 is 9.12 Å². The molecular weight excluding hydrogens is 392 g/mol. The number of unbranched alkanes of at least 4 members (excludes halogenated alkanes) is 1. The molecule has 31 heavy (non-hydrogen) atoms. The van der Waals surface area contributed by atoms with E-state index >= 15 is 0 Å². The normalized spacial score (nSPS) is 10.8. The summed E-state index contributed by atoms with van der Waals surface area (Å²) in [6.45, 7) is 2.29. The van der Waals surface area contributed by atoms with E-state index in [1.807, 2.05) is 0 Å². The third-order valence-electron chi connectivity index (χ3n) is 5.55. The number of anilines is 4. The second-order valence-electron chi connectivity index (χ2n) is 7.71. The number of benzene rings is 4. The van der Waals surface area contributed by atoms with E-state index in [1.165, 1.54) is 41.6 Å². The summed E-state index contributed by atoms with van der Waals surface area (Å²) in [5.41, 5.74) is 5.05. The van der Waals surface area contributed by atoms with Gasteiger partial charge in [0.2, 0.25) is 0 Å². The summed E-state index contributed by atoms with van der Waals surface area (Å²) in [6, 6.07) is 44.7. The van der Waals surface area contributed by atoms with E-state index in [1.54, 1.807) is 0 Å². The van der Waals surface area contributed by atoms with Gasteiger partial charge in [0.15, 0.2) is 0 Å². The monoisotopic (exact) mass is 422 g/mol. The Morgan fingerprint density at radius 3 is 1.03 bits per heavy atom. The van der Waals surface area contributed by atoms with Gasteiger partial charge in [-0.15, -0.1) is 0 Å². The maximum Gasteiger partial charge on any atom is 0.256 e. The van der Waals surface area contributed by atoms with Gasteiger partial charge in [-0.2, -0.15) is 0 Å². The molecule has 0 heterocycles. The van der Waals surface area contributed by atoms with Gasteiger partial charge in [-0.25, -0.2) is 0 Å². The van der Waals surface area contributed by atoms with Crippen LogP contribution in [0.2, 0.25) is 6.04 Å². The first kappa shape index (κ1) is 20.9. The quantitative estimate of drug-likeness (QED) is 0.255. The number of para-hydroxylation sites is 4. The Bertz CT molecular complexity index is 862. The maximum atomic E-state index is 2.62. The molecule has 0 amide bonds. The molecule has 0 aliphatic rings. The molecule has 4 aromatic carbocycles. The van der Waals surface area contributed by atoms with Gasteiger partial charge < -0.3 is 9.13 Å². The van der Waals surface area contributed by atoms with Crippen molar-refractivity contribution in [1.29, 1.82) is 0 Å². The van der Waals surface area contributed by atoms with Crippen molar-refractivity contribution in [1.82, 2.24) is 0 Å². The molecule has 0 aliphatic carbocycles. The molecule has 4 rings (SSSR count). The fraction of sp³-hybridized carbons (Fsp3) is 0.143. The molecule has 0 fully saturated rings. The molecule has 156 valence electrons. The predicted molar refractivity (Wildman–Crippen MR) is 137 cm³/mol. The van der Waals surface area contributed by atoms with E-state index in [2.05, 4.69) is 137 Å². The first-order valence-electron chi connectivity index (χ1n) is 11.2. The predicted octanol–water partition coefficient (Wildman–Crippen LogP) is 7.68. The Labute approximate surface area is 188 Å². The Kier molecular flexibility index (Phi) is 7.19. The van der Waals surface area contributed by atoms with Gasteiger partial charge in [-0.1, -0.05) is 92.6 Å². The van der Waals surface area contributed by atoms with Crippen LogP contribution in [0.4, 0.5) is 22.7 Å². The standard InChI is InChI=1S/C28H30N2Si/c1-2-3-24-31(29(25-16-8-4-9-17-25)26-18-10-5-11-19-26)30(27-20-12-6-13-21-27)28-22-14-7-15-23-28/h4-23,31H,2-3,24H2,1H3. The molecule has 0 saturated heterocycles. The minimum atomic E-state index is -1.72. The first-order chi connectivity index (χ1) is 15.4. The van der Waals surface area contributed by atoms with Crippen molar-refractivity contribution in [2.45, 2.75) is 25.8 Å². The molecule has 0 N–H and O–H groups in total. The van der Waals surface area contributed by atoms with Gasteiger partial charge in [-0.05, 0) is 54.6 Å². The van der Waals surface area contributed by atoms with E-state index in [9.17, 15) is 0 Å². The van der Waals surface area contributed by atoms with Gasteiger partial charge in [0, 0.05) is 22.7 Å². The zero-order valence-electron chi connectivity index (χ0n) is 18.1. The van der Waals surface area contributed by atoms with Crippen LogP contribution in [0.15, 0.2) is 121 Å². The lowest BCUT2D eigenvalue weighted by Crippen LogP contribution is -2.49. The Morgan fingerprint density at radius 1 is 0.484 bits per heavy atom. The third-order valence-corrected chi connectivity index (χ3v) is 8.86. The zero-order chi connectivity index (χ0) is 21.3. The Morgan fingerprint density at radius 2 is 0.774 bits per heavy atom. The molecule has 0 atom stereocenters. The van der Waals surface area contributed by atoms with E-state index in [4.69, 9.17) is 0 Å². The molecule has 0 spiro atoms. The largest absolute Gasteiger partial charge is 0.353 e. The Hall–Kier alpha value is -3.30. The van der Waals surface area contributed by atoms with Gasteiger partial charge in [0.1, 0.15) is 0 Å². The number of rotatable bonds is 9. The summed E-state index contributed by atoms with van der Waals surface area (Å²) in [7, 11) is -1.72. The lowest BCUT2D eigenvalue weighted by molar-refractivity contribution is 0.867. The molecular formula is C28H30N2Si. The van der Waals surface area contributed by atoms with Gasteiger partial charge in [0.25, 0.3) is 9.12 Å². The summed E-state index contributed by atoms with van der Waals surface area (Å²) in [5, 5.41) is 0. The van der Waals surface area contributed by atoms with E-state index in [-0.39, 0.29) is 0 Å². The summed E-state index contributed by atoms with van der Waals surface area (Å²) in [5.74, 6) is 0. The second-order valence-corrected chi connectivity index (χ2v) is 10.3. The number of nitrogens with zero attached hydrogens (tertiary/aromatic N) is 2. The van der Waals surface area contributed by atoms with Crippen LogP contribution < -0.4 is 9.13 Å². The molecule has 0 aliphatic heterocycles. The molecule has 0 aromatic heterocycles. The number of hydrogen-bond donors (Lipinski definition) is 0. The molecule has 2 nitrogen and oxygen atoms in total. The Balaban J connectivity index is 1.89. The van der Waals surface area contributed by atoms with Crippen LogP contribution >= 0.6 is 0 Å². The van der Waals surface area contributed by atoms with Crippen LogP contribution in [0.5, 0.6) is 0 Å². The van der Waals surface area contributed by atoms with Gasteiger partial charge >= 0.3 is 0 Å². The lowest BCUT2D eigenvalue weighted by Gasteiger charge is -2.41. The highest BCUT2D eigenvalue weighted by Crippen LogP contribution is 2.35. The minimum absolute atomic E-state index is 1.18. The van der Waals surface area contributed by atoms with Crippen molar-refractivity contribution < 1.29 is 0 Å². The third kappa shape index (κ3) is 5.07. The zero-order valence-corrected chi connectivity index (χ0v) is 19.3. The fourth-order valence-electron chi connectivity index (χ4n) is 4.10. The van der Waals surface area contributed by atoms with E-state index in [0.29, 0.717) is 0 Å². The van der Waals surface area contributed by atoms with E-state index in [0.717, 1.165) is 0 Å². The fourth-order valence-corrected chi connectivity index (χ4v) is 7.69. The van der Waals surface area contributed by atoms with Crippen molar-refractivity contribution in [3.05, 3.63) is 121 Å². The molecule has 3 heteroatoms. The average molecular weight is 423 g/mol. The van der Waals surface area contributed by atoms with Crippen molar-refractivity contribution in [3.63, 3.8) is 0 Å². The van der Waals surface area contributed by atoms with Crippen LogP contribution in [0.25, 0.3) is 0 Å². The topological polar surface area (TPSA) is 6.48 Å². The molecule has 0 radical (unpaired) electrons. The first-order valence-corrected chi connectivity index (χ1v) is 13.0. The minimum Gasteiger partial charge on any atom is -0.353 e. The highest BCUT2D eigenvalue weighted by atomic mass is 28.3. The number of hydrogen-bond acceptors (Lipinski definition) is 2. The molecule has 4 aromatic rings. The molecule has 0 unspecified atom stereocenters. The summed E-state index contributed by atoms with van der Waals surface area (Å²) < 4.78 is 5.24.